The number of nitrogens with zero attached hydrogens (tertiary/aromatic N) is 4. The number of aryl methyl sites for hydroxylation is 3. The molecule has 2 atom stereocenters. The van der Waals surface area contributed by atoms with E-state index in [2.05, 4.69) is 25.9 Å². The lowest BCUT2D eigenvalue weighted by atomic mass is 10.0. The molecule has 1 fully saturated rings. The molecule has 0 aliphatic carbocycles. The Morgan fingerprint density at radius 2 is 1.59 bits per heavy atom. The molecule has 17 heteroatoms. The van der Waals surface area contributed by atoms with Gasteiger partial charge in [0.1, 0.15) is 29.9 Å². The van der Waals surface area contributed by atoms with Gasteiger partial charge in [-0.2, -0.15) is 0 Å². The van der Waals surface area contributed by atoms with Crippen molar-refractivity contribution in [2.24, 2.45) is 7.05 Å². The van der Waals surface area contributed by atoms with Gasteiger partial charge in [-0.05, 0) is 106 Å². The molecule has 2 aromatic heterocycles. The maximum Gasteiger partial charge on any atom is 0.262 e. The van der Waals surface area contributed by atoms with Gasteiger partial charge in [-0.15, -0.1) is 0 Å². The van der Waals surface area contributed by atoms with E-state index in [1.54, 1.807) is 30.7 Å². The molecule has 2 unspecified atom stereocenters. The second-order valence-corrected chi connectivity index (χ2v) is 17.5. The lowest BCUT2D eigenvalue weighted by molar-refractivity contribution is -0.136. The topological polar surface area (TPSA) is 211 Å². The zero-order chi connectivity index (χ0) is 48.9. The number of unbranched alkanes of at least 4 members (excludes halogenated alkanes) is 6. The highest BCUT2D eigenvalue weighted by Crippen LogP contribution is 2.34. The van der Waals surface area contributed by atoms with Crippen LogP contribution in [0.1, 0.15) is 119 Å². The molecule has 4 N–H and O–H groups in total. The van der Waals surface area contributed by atoms with Crippen molar-refractivity contribution in [1.82, 2.24) is 24.8 Å². The molecule has 5 amide bonds. The molecule has 69 heavy (non-hydrogen) atoms. The van der Waals surface area contributed by atoms with E-state index in [4.69, 9.17) is 9.47 Å². The van der Waals surface area contributed by atoms with E-state index in [9.17, 15) is 33.9 Å². The third kappa shape index (κ3) is 10.3. The van der Waals surface area contributed by atoms with Crippen LogP contribution in [0, 0.1) is 19.7 Å². The van der Waals surface area contributed by atoms with Gasteiger partial charge in [0.15, 0.2) is 11.6 Å². The number of anilines is 2. The average Bonchev–Trinajstić information content (AvgIpc) is 3.57. The van der Waals surface area contributed by atoms with Crippen LogP contribution < -0.4 is 30.9 Å². The van der Waals surface area contributed by atoms with Crippen molar-refractivity contribution >= 4 is 62.7 Å². The van der Waals surface area contributed by atoms with E-state index in [-0.39, 0.29) is 52.3 Å². The summed E-state index contributed by atoms with van der Waals surface area (Å²) in [6, 6.07) is 16.9. The standard InChI is InChI=1S/C52H54FN7O9/c1-5-31-14-18-40-37(24-31)47(63)46(30(3)59(40)4)49(65)57-33-16-20-42(38(53)26-33)69-50-36-23-29(2)43(27-39(36)54-28-55-50)68-22-12-10-8-6-7-9-11-13-44(61)56-32-15-17-34-35(25-32)52(67)60(51(34)66)41-19-21-45(62)58-48(41)64/h14-18,20,23-28,41,44,56,61H,5-13,19,21-22H2,1-4H3,(H,57,65)(H,58,62,64). The smallest absolute Gasteiger partial charge is 0.262 e. The summed E-state index contributed by atoms with van der Waals surface area (Å²) in [5.41, 5.74) is 4.13. The number of fused-ring (bicyclic) bond motifs is 3. The van der Waals surface area contributed by atoms with Crippen molar-refractivity contribution in [3.8, 4) is 17.4 Å². The maximum atomic E-state index is 15.5. The minimum atomic E-state index is -1.04. The second kappa shape index (κ2) is 20.8. The van der Waals surface area contributed by atoms with Gasteiger partial charge in [0, 0.05) is 48.1 Å². The normalized spacial score (nSPS) is 15.1. The van der Waals surface area contributed by atoms with Crippen LogP contribution in [0.4, 0.5) is 15.8 Å². The molecule has 2 aliphatic heterocycles. The molecule has 8 rings (SSSR count). The van der Waals surface area contributed by atoms with Gasteiger partial charge in [0.05, 0.1) is 34.2 Å². The maximum absolute atomic E-state index is 15.5. The molecule has 0 spiro atoms. The van der Waals surface area contributed by atoms with Gasteiger partial charge in [-0.25, -0.2) is 14.4 Å². The Bertz CT molecular complexity index is 3080. The number of carbonyl (C=O) groups excluding carboxylic acids is 5. The number of benzene rings is 4. The number of halogens is 1. The molecule has 0 bridgehead atoms. The molecular weight excluding hydrogens is 886 g/mol. The third-order valence-electron chi connectivity index (χ3n) is 12.8. The van der Waals surface area contributed by atoms with E-state index < -0.39 is 47.6 Å². The number of ether oxygens (including phenoxy) is 2. The van der Waals surface area contributed by atoms with Crippen molar-refractivity contribution in [2.75, 3.05) is 17.2 Å². The summed E-state index contributed by atoms with van der Waals surface area (Å²) < 4.78 is 29.4. The number of amides is 5. The number of aliphatic hydroxyl groups excluding tert-OH is 1. The van der Waals surface area contributed by atoms with Gasteiger partial charge in [0.25, 0.3) is 17.7 Å². The number of hydrogen-bond donors (Lipinski definition) is 4. The summed E-state index contributed by atoms with van der Waals surface area (Å²) in [6.45, 7) is 6.11. The predicted octanol–water partition coefficient (Wildman–Crippen LogP) is 8.18. The summed E-state index contributed by atoms with van der Waals surface area (Å²) in [5, 5.41) is 19.5. The van der Waals surface area contributed by atoms with Gasteiger partial charge in [0.2, 0.25) is 23.1 Å². The molecule has 0 saturated carbocycles. The fourth-order valence-corrected chi connectivity index (χ4v) is 8.89. The first-order chi connectivity index (χ1) is 33.2. The first kappa shape index (κ1) is 47.9. The van der Waals surface area contributed by atoms with Crippen molar-refractivity contribution in [2.45, 2.75) is 104 Å². The monoisotopic (exact) mass is 939 g/mol. The van der Waals surface area contributed by atoms with Gasteiger partial charge < -0.3 is 29.8 Å². The van der Waals surface area contributed by atoms with Crippen molar-refractivity contribution in [3.05, 3.63) is 123 Å². The highest BCUT2D eigenvalue weighted by Gasteiger charge is 2.44. The molecule has 2 aliphatic rings. The van der Waals surface area contributed by atoms with Crippen LogP contribution in [-0.4, -0.2) is 73.0 Å². The molecule has 358 valence electrons. The number of imide groups is 2. The van der Waals surface area contributed by atoms with E-state index in [1.807, 2.05) is 38.1 Å². The zero-order valence-corrected chi connectivity index (χ0v) is 38.9. The largest absolute Gasteiger partial charge is 0.493 e. The van der Waals surface area contributed by atoms with Crippen LogP contribution in [0.25, 0.3) is 21.8 Å². The summed E-state index contributed by atoms with van der Waals surface area (Å²) in [4.78, 5) is 86.5. The Hall–Kier alpha value is -7.53. The first-order valence-corrected chi connectivity index (χ1v) is 23.3. The van der Waals surface area contributed by atoms with Crippen LogP contribution in [-0.2, 0) is 23.1 Å². The van der Waals surface area contributed by atoms with E-state index >= 15 is 4.39 Å². The SMILES string of the molecule is CCc1ccc2c(c1)c(=O)c(C(=O)Nc1ccc(Oc3ncnc4cc(OCCCCCCCCCC(O)Nc5ccc6c(c5)C(=O)N(C5CCC(=O)NC5=O)C6=O)c(C)cc34)c(F)c1)c(C)n2C. The van der Waals surface area contributed by atoms with Crippen LogP contribution >= 0.6 is 0 Å². The molecule has 6 aromatic rings. The molecule has 16 nitrogen and oxygen atoms in total. The second-order valence-electron chi connectivity index (χ2n) is 17.5. The molecule has 1 saturated heterocycles. The van der Waals surface area contributed by atoms with Crippen LogP contribution in [0.5, 0.6) is 17.4 Å². The minimum absolute atomic E-state index is 0.0130. The Morgan fingerprint density at radius 1 is 0.855 bits per heavy atom. The van der Waals surface area contributed by atoms with Gasteiger partial charge in [-0.3, -0.25) is 39.0 Å². The number of hydrogen-bond acceptors (Lipinski definition) is 12. The lowest BCUT2D eigenvalue weighted by Crippen LogP contribution is -2.54. The van der Waals surface area contributed by atoms with Crippen LogP contribution in [0.2, 0.25) is 0 Å². The Morgan fingerprint density at radius 3 is 2.35 bits per heavy atom. The molecular formula is C52H54FN7O9. The van der Waals surface area contributed by atoms with E-state index in [0.717, 1.165) is 79.0 Å². The first-order valence-electron chi connectivity index (χ1n) is 23.3. The number of carbonyl (C=O) groups is 5. The summed E-state index contributed by atoms with van der Waals surface area (Å²) >= 11 is 0. The number of rotatable bonds is 19. The minimum Gasteiger partial charge on any atom is -0.493 e. The molecule has 4 aromatic carbocycles. The summed E-state index contributed by atoms with van der Waals surface area (Å²) in [5.74, 6) is -2.96. The van der Waals surface area contributed by atoms with E-state index in [0.29, 0.717) is 46.4 Å². The van der Waals surface area contributed by atoms with Crippen molar-refractivity contribution in [1.29, 1.82) is 0 Å². The number of nitrogens with one attached hydrogen (secondary N) is 3. The highest BCUT2D eigenvalue weighted by molar-refractivity contribution is 6.23. The lowest BCUT2D eigenvalue weighted by Gasteiger charge is -2.27. The number of aromatic nitrogens is 3. The number of pyridine rings is 1. The Kier molecular flexibility index (Phi) is 14.4. The highest BCUT2D eigenvalue weighted by atomic mass is 19.1. The predicted molar refractivity (Wildman–Crippen MR) is 257 cm³/mol. The summed E-state index contributed by atoms with van der Waals surface area (Å²) in [7, 11) is 1.80. The quantitative estimate of drug-likeness (QED) is 0.0344. The average molecular weight is 940 g/mol. The van der Waals surface area contributed by atoms with Crippen molar-refractivity contribution in [3.63, 3.8) is 0 Å². The van der Waals surface area contributed by atoms with Crippen LogP contribution in [0.15, 0.2) is 77.9 Å². The molecule has 0 radical (unpaired) electrons. The third-order valence-corrected chi connectivity index (χ3v) is 12.8. The fraction of sp³-hybridized carbons (Fsp3) is 0.346. The van der Waals surface area contributed by atoms with Gasteiger partial charge >= 0.3 is 0 Å². The Labute approximate surface area is 397 Å². The van der Waals surface area contributed by atoms with Gasteiger partial charge in [-0.1, -0.05) is 45.1 Å². The Balaban J connectivity index is 0.755. The zero-order valence-electron chi connectivity index (χ0n) is 38.9. The molecule has 4 heterocycles. The number of piperidine rings is 1. The summed E-state index contributed by atoms with van der Waals surface area (Å²) in [6.07, 6.45) is 8.46. The van der Waals surface area contributed by atoms with Crippen LogP contribution in [0.3, 0.4) is 0 Å². The number of aliphatic hydroxyl groups is 1. The fourth-order valence-electron chi connectivity index (χ4n) is 8.89. The van der Waals surface area contributed by atoms with E-state index in [1.165, 1.54) is 30.6 Å². The van der Waals surface area contributed by atoms with Crippen molar-refractivity contribution < 1.29 is 42.9 Å².